The van der Waals surface area contributed by atoms with Crippen LogP contribution in [0.25, 0.3) is 26.5 Å². The number of aromatic nitrogens is 1. The van der Waals surface area contributed by atoms with Gasteiger partial charge >= 0.3 is 0 Å². The monoisotopic (exact) mass is 476 g/mol. The molecule has 2 bridgehead atoms. The molecule has 1 fully saturated rings. The fraction of sp³-hybridized carbons (Fsp3) is 0.300. The summed E-state index contributed by atoms with van der Waals surface area (Å²) in [5.41, 5.74) is 4.73. The third kappa shape index (κ3) is 1.99. The van der Waals surface area contributed by atoms with Crippen molar-refractivity contribution in [1.29, 1.82) is 0 Å². The van der Waals surface area contributed by atoms with Crippen molar-refractivity contribution in [3.8, 4) is 0 Å². The molecule has 0 aliphatic heterocycles. The van der Waals surface area contributed by atoms with Gasteiger partial charge in [0, 0.05) is 26.3 Å². The van der Waals surface area contributed by atoms with Crippen LogP contribution in [0.4, 0.5) is 5.69 Å². The first-order chi connectivity index (χ1) is 10.9. The second kappa shape index (κ2) is 5.41. The van der Waals surface area contributed by atoms with Gasteiger partial charge in [-0.1, -0.05) is 12.5 Å². The zero-order valence-electron chi connectivity index (χ0n) is 12.6. The SMILES string of the molecule is [C-]#[N+]c1cc[c-]c2c1ccc1c3c(cnc12)C1CCCC3C1.[Ir]. The molecule has 2 nitrogen and oxygen atoms in total. The van der Waals surface area contributed by atoms with E-state index in [1.165, 1.54) is 42.2 Å². The molecule has 3 aromatic rings. The van der Waals surface area contributed by atoms with Gasteiger partial charge in [0.05, 0.1) is 6.57 Å². The van der Waals surface area contributed by atoms with E-state index in [9.17, 15) is 0 Å². The van der Waals surface area contributed by atoms with Crippen molar-refractivity contribution in [2.24, 2.45) is 0 Å². The van der Waals surface area contributed by atoms with Crippen LogP contribution < -0.4 is 0 Å². The number of pyridine rings is 1. The van der Waals surface area contributed by atoms with Crippen LogP contribution in [-0.2, 0) is 20.1 Å². The van der Waals surface area contributed by atoms with Gasteiger partial charge < -0.3 is 4.98 Å². The molecule has 1 saturated carbocycles. The van der Waals surface area contributed by atoms with Crippen LogP contribution in [0.15, 0.2) is 30.5 Å². The van der Waals surface area contributed by atoms with E-state index < -0.39 is 0 Å². The van der Waals surface area contributed by atoms with E-state index in [-0.39, 0.29) is 20.1 Å². The second-order valence-electron chi connectivity index (χ2n) is 6.55. The van der Waals surface area contributed by atoms with Crippen LogP contribution in [0, 0.1) is 12.6 Å². The van der Waals surface area contributed by atoms with Crippen LogP contribution in [0.5, 0.6) is 0 Å². The van der Waals surface area contributed by atoms with Crippen LogP contribution in [0.2, 0.25) is 0 Å². The summed E-state index contributed by atoms with van der Waals surface area (Å²) in [5, 5.41) is 3.26. The van der Waals surface area contributed by atoms with Crippen molar-refractivity contribution >= 4 is 27.4 Å². The van der Waals surface area contributed by atoms with Crippen molar-refractivity contribution in [3.05, 3.63) is 59.1 Å². The number of nitrogens with zero attached hydrogens (tertiary/aromatic N) is 2. The van der Waals surface area contributed by atoms with E-state index >= 15 is 0 Å². The number of hydrogen-bond donors (Lipinski definition) is 0. The Morgan fingerprint density at radius 1 is 1.13 bits per heavy atom. The molecule has 1 radical (unpaired) electrons. The summed E-state index contributed by atoms with van der Waals surface area (Å²) in [5.74, 6) is 1.43. The molecular weight excluding hydrogens is 460 g/mol. The molecule has 3 heteroatoms. The maximum atomic E-state index is 7.34. The molecule has 23 heavy (non-hydrogen) atoms. The van der Waals surface area contributed by atoms with Crippen LogP contribution in [0.1, 0.15) is 48.6 Å². The molecule has 2 atom stereocenters. The van der Waals surface area contributed by atoms with Gasteiger partial charge in [-0.15, -0.1) is 29.0 Å². The molecular formula is C20H15IrN2-. The Hall–Kier alpha value is -1.75. The van der Waals surface area contributed by atoms with E-state index in [1.54, 1.807) is 0 Å². The number of rotatable bonds is 0. The Balaban J connectivity index is 0.00000135. The van der Waals surface area contributed by atoms with Gasteiger partial charge in [0.15, 0.2) is 0 Å². The number of benzene rings is 2. The minimum absolute atomic E-state index is 0. The van der Waals surface area contributed by atoms with E-state index in [2.05, 4.69) is 29.2 Å². The summed E-state index contributed by atoms with van der Waals surface area (Å²) in [4.78, 5) is 8.42. The van der Waals surface area contributed by atoms with Gasteiger partial charge in [-0.3, -0.25) is 4.85 Å². The average Bonchev–Trinajstić information content (AvgIpc) is 2.84. The van der Waals surface area contributed by atoms with Gasteiger partial charge in [0.2, 0.25) is 0 Å². The minimum Gasteiger partial charge on any atom is -0.304 e. The smallest absolute Gasteiger partial charge is 0.115 e. The Bertz CT molecular complexity index is 971. The summed E-state index contributed by atoms with van der Waals surface area (Å²) < 4.78 is 0. The predicted molar refractivity (Wildman–Crippen MR) is 88.3 cm³/mol. The largest absolute Gasteiger partial charge is 0.304 e. The van der Waals surface area contributed by atoms with E-state index in [1.807, 2.05) is 12.1 Å². The first kappa shape index (κ1) is 14.8. The Morgan fingerprint density at radius 3 is 2.83 bits per heavy atom. The van der Waals surface area contributed by atoms with Crippen LogP contribution >= 0.6 is 0 Å². The molecule has 1 heterocycles. The van der Waals surface area contributed by atoms with Crippen molar-refractivity contribution in [1.82, 2.24) is 4.98 Å². The molecule has 2 aliphatic rings. The van der Waals surface area contributed by atoms with Crippen molar-refractivity contribution < 1.29 is 20.1 Å². The number of fused-ring (bicyclic) bond motifs is 9. The third-order valence-electron chi connectivity index (χ3n) is 5.50. The molecule has 0 saturated heterocycles. The van der Waals surface area contributed by atoms with Crippen molar-refractivity contribution in [2.75, 3.05) is 0 Å². The third-order valence-corrected chi connectivity index (χ3v) is 5.50. The minimum atomic E-state index is 0. The summed E-state index contributed by atoms with van der Waals surface area (Å²) in [7, 11) is 0. The maximum absolute atomic E-state index is 7.34. The normalized spacial score (nSPS) is 21.7. The van der Waals surface area contributed by atoms with Gasteiger partial charge in [-0.25, -0.2) is 0 Å². The van der Waals surface area contributed by atoms with Crippen LogP contribution in [0.3, 0.4) is 0 Å². The molecule has 2 aliphatic carbocycles. The van der Waals surface area contributed by atoms with Gasteiger partial charge in [0.25, 0.3) is 0 Å². The summed E-state index contributed by atoms with van der Waals surface area (Å²) in [6.07, 6.45) is 7.38. The molecule has 2 aromatic carbocycles. The standard InChI is InChI=1S/C20H15N2.Ir/c1-21-18-7-3-6-15-14(18)8-9-16-19-13-5-2-4-12(10-13)17(19)11-22-20(15)16;/h3,7-9,11-13H,2,4-5,10H2;/q-1;. The van der Waals surface area contributed by atoms with Gasteiger partial charge in [-0.05, 0) is 53.1 Å². The molecule has 0 amide bonds. The molecule has 0 N–H and O–H groups in total. The Labute approximate surface area is 149 Å². The molecule has 0 spiro atoms. The maximum Gasteiger partial charge on any atom is 0.115 e. The number of hydrogen-bond acceptors (Lipinski definition) is 1. The second-order valence-corrected chi connectivity index (χ2v) is 6.55. The summed E-state index contributed by atoms with van der Waals surface area (Å²) >= 11 is 0. The fourth-order valence-electron chi connectivity index (χ4n) is 4.57. The predicted octanol–water partition coefficient (Wildman–Crippen LogP) is 5.49. The van der Waals surface area contributed by atoms with Crippen LogP contribution in [-0.4, -0.2) is 4.98 Å². The van der Waals surface area contributed by atoms with Crippen molar-refractivity contribution in [2.45, 2.75) is 37.5 Å². The summed E-state index contributed by atoms with van der Waals surface area (Å²) in [6, 6.07) is 11.3. The van der Waals surface area contributed by atoms with Gasteiger partial charge in [0.1, 0.15) is 5.69 Å². The molecule has 1 aromatic heterocycles. The topological polar surface area (TPSA) is 17.2 Å². The summed E-state index contributed by atoms with van der Waals surface area (Å²) in [6.45, 7) is 7.34. The van der Waals surface area contributed by atoms with E-state index in [4.69, 9.17) is 11.6 Å². The molecule has 5 rings (SSSR count). The Morgan fingerprint density at radius 2 is 1.96 bits per heavy atom. The zero-order valence-corrected chi connectivity index (χ0v) is 15.0. The quantitative estimate of drug-likeness (QED) is 0.310. The zero-order chi connectivity index (χ0) is 14.7. The molecule has 2 unspecified atom stereocenters. The Kier molecular flexibility index (Phi) is 3.48. The first-order valence-corrected chi connectivity index (χ1v) is 8.00. The van der Waals surface area contributed by atoms with Crippen molar-refractivity contribution in [3.63, 3.8) is 0 Å². The average molecular weight is 476 g/mol. The first-order valence-electron chi connectivity index (χ1n) is 8.00. The fourth-order valence-corrected chi connectivity index (χ4v) is 4.57. The molecule has 115 valence electrons. The van der Waals surface area contributed by atoms with E-state index in [0.717, 1.165) is 22.2 Å². The van der Waals surface area contributed by atoms with Gasteiger partial charge in [-0.2, -0.15) is 6.07 Å². The van der Waals surface area contributed by atoms with E-state index in [0.29, 0.717) is 11.6 Å².